The number of nitrogens with zero attached hydrogens (tertiary/aromatic N) is 1. The summed E-state index contributed by atoms with van der Waals surface area (Å²) in [4.78, 5) is 28.0. The van der Waals surface area contributed by atoms with Gasteiger partial charge in [-0.1, -0.05) is 37.6 Å². The van der Waals surface area contributed by atoms with E-state index in [0.29, 0.717) is 23.0 Å². The smallest absolute Gasteiger partial charge is 0.339 e. The van der Waals surface area contributed by atoms with Crippen molar-refractivity contribution in [1.82, 2.24) is 0 Å². The Morgan fingerprint density at radius 2 is 1.87 bits per heavy atom. The predicted molar refractivity (Wildman–Crippen MR) is 148 cm³/mol. The maximum atomic E-state index is 14.3. The number of halogens is 1. The summed E-state index contributed by atoms with van der Waals surface area (Å²) in [5.41, 5.74) is 2.55. The van der Waals surface area contributed by atoms with E-state index in [1.165, 1.54) is 6.07 Å². The van der Waals surface area contributed by atoms with Crippen LogP contribution in [0.5, 0.6) is 11.5 Å². The standard InChI is InChI=1S/C31H32ClNO5/c1-18(2)17-37-27-11-8-22(16-23(27)28(34)35)33-25-9-7-21(32)15-24(25)31(5,29(33)36)20-6-10-26-19(14-20)12-13-30(3,4)38-26/h6-11,14-16,18H,12-13,17H2,1-5H3,(H,34,35)/t31-/m0/s1. The highest BCUT2D eigenvalue weighted by atomic mass is 35.5. The Balaban J connectivity index is 1.61. The van der Waals surface area contributed by atoms with Crippen LogP contribution in [0.2, 0.25) is 5.02 Å². The van der Waals surface area contributed by atoms with Crippen molar-refractivity contribution in [3.05, 3.63) is 81.9 Å². The molecule has 0 spiro atoms. The molecule has 0 aliphatic carbocycles. The van der Waals surface area contributed by atoms with E-state index in [0.717, 1.165) is 35.3 Å². The Morgan fingerprint density at radius 3 is 2.58 bits per heavy atom. The molecule has 0 aromatic heterocycles. The lowest BCUT2D eigenvalue weighted by Gasteiger charge is -2.34. The fraction of sp³-hybridized carbons (Fsp3) is 0.355. The van der Waals surface area contributed by atoms with E-state index in [1.54, 1.807) is 23.1 Å². The quantitative estimate of drug-likeness (QED) is 0.364. The van der Waals surface area contributed by atoms with Crippen LogP contribution in [-0.4, -0.2) is 29.2 Å². The van der Waals surface area contributed by atoms with E-state index in [4.69, 9.17) is 21.1 Å². The summed E-state index contributed by atoms with van der Waals surface area (Å²) in [5, 5.41) is 10.4. The molecule has 2 aliphatic heterocycles. The van der Waals surface area contributed by atoms with Crippen molar-refractivity contribution < 1.29 is 24.2 Å². The highest BCUT2D eigenvalue weighted by Gasteiger charge is 2.50. The third kappa shape index (κ3) is 4.41. The van der Waals surface area contributed by atoms with Gasteiger partial charge in [-0.05, 0) is 98.7 Å². The second kappa shape index (κ2) is 9.35. The fourth-order valence-corrected chi connectivity index (χ4v) is 5.44. The van der Waals surface area contributed by atoms with Gasteiger partial charge >= 0.3 is 5.97 Å². The zero-order valence-electron chi connectivity index (χ0n) is 22.3. The Bertz CT molecular complexity index is 1450. The first-order chi connectivity index (χ1) is 17.9. The highest BCUT2D eigenvalue weighted by molar-refractivity contribution is 6.31. The molecule has 5 rings (SSSR count). The second-order valence-corrected chi connectivity index (χ2v) is 11.7. The topological polar surface area (TPSA) is 76.1 Å². The molecule has 2 aliphatic rings. The van der Waals surface area contributed by atoms with Crippen molar-refractivity contribution in [2.24, 2.45) is 5.92 Å². The molecule has 1 atom stereocenters. The van der Waals surface area contributed by atoms with Crippen molar-refractivity contribution in [3.63, 3.8) is 0 Å². The normalized spacial score (nSPS) is 19.7. The Labute approximate surface area is 228 Å². The first-order valence-electron chi connectivity index (χ1n) is 12.9. The Kier molecular flexibility index (Phi) is 6.42. The van der Waals surface area contributed by atoms with Crippen molar-refractivity contribution in [2.75, 3.05) is 11.5 Å². The number of anilines is 2. The minimum Gasteiger partial charge on any atom is -0.492 e. The number of amides is 1. The molecule has 0 saturated heterocycles. The van der Waals surface area contributed by atoms with E-state index in [2.05, 4.69) is 19.9 Å². The molecule has 38 heavy (non-hydrogen) atoms. The van der Waals surface area contributed by atoms with Crippen LogP contribution in [0.3, 0.4) is 0 Å². The molecular weight excluding hydrogens is 502 g/mol. The van der Waals surface area contributed by atoms with Gasteiger partial charge in [0.1, 0.15) is 22.7 Å². The average Bonchev–Trinajstić information content (AvgIpc) is 3.08. The van der Waals surface area contributed by atoms with Gasteiger partial charge in [-0.25, -0.2) is 4.79 Å². The third-order valence-corrected chi connectivity index (χ3v) is 7.65. The van der Waals surface area contributed by atoms with Gasteiger partial charge in [0.25, 0.3) is 0 Å². The third-order valence-electron chi connectivity index (χ3n) is 7.41. The Morgan fingerprint density at radius 1 is 1.11 bits per heavy atom. The van der Waals surface area contributed by atoms with Crippen LogP contribution >= 0.6 is 11.6 Å². The molecule has 1 amide bonds. The van der Waals surface area contributed by atoms with Gasteiger partial charge in [-0.2, -0.15) is 0 Å². The number of carboxylic acids is 1. The number of aromatic carboxylic acids is 1. The van der Waals surface area contributed by atoms with Crippen molar-refractivity contribution >= 4 is 34.9 Å². The number of hydrogen-bond donors (Lipinski definition) is 1. The van der Waals surface area contributed by atoms with Gasteiger partial charge in [-0.3, -0.25) is 9.69 Å². The van der Waals surface area contributed by atoms with Crippen LogP contribution in [0.15, 0.2) is 54.6 Å². The van der Waals surface area contributed by atoms with Gasteiger partial charge in [0.2, 0.25) is 5.91 Å². The molecule has 7 heteroatoms. The number of rotatable bonds is 6. The molecule has 2 heterocycles. The number of carbonyl (C=O) groups is 2. The number of hydrogen-bond acceptors (Lipinski definition) is 4. The number of fused-ring (bicyclic) bond motifs is 2. The van der Waals surface area contributed by atoms with E-state index < -0.39 is 11.4 Å². The molecule has 198 valence electrons. The molecule has 6 nitrogen and oxygen atoms in total. The van der Waals surface area contributed by atoms with Crippen LogP contribution in [0, 0.1) is 5.92 Å². The van der Waals surface area contributed by atoms with Gasteiger partial charge in [-0.15, -0.1) is 0 Å². The summed E-state index contributed by atoms with van der Waals surface area (Å²) in [6, 6.07) is 16.2. The lowest BCUT2D eigenvalue weighted by atomic mass is 9.76. The summed E-state index contributed by atoms with van der Waals surface area (Å²) in [5.74, 6) is 0.0541. The molecule has 0 fully saturated rings. The minimum atomic E-state index is -1.12. The zero-order chi connectivity index (χ0) is 27.4. The van der Waals surface area contributed by atoms with Gasteiger partial charge in [0.15, 0.2) is 0 Å². The van der Waals surface area contributed by atoms with E-state index in [9.17, 15) is 14.7 Å². The van der Waals surface area contributed by atoms with Crippen molar-refractivity contribution in [2.45, 2.75) is 58.5 Å². The number of aryl methyl sites for hydroxylation is 1. The SMILES string of the molecule is CC(C)COc1ccc(N2C(=O)[C@@](C)(c3ccc4c(c3)CCC(C)(C)O4)c3cc(Cl)ccc32)cc1C(=O)O. The van der Waals surface area contributed by atoms with Crippen LogP contribution in [0.1, 0.15) is 68.1 Å². The largest absolute Gasteiger partial charge is 0.492 e. The maximum Gasteiger partial charge on any atom is 0.339 e. The molecule has 3 aromatic rings. The summed E-state index contributed by atoms with van der Waals surface area (Å²) in [7, 11) is 0. The number of carboxylic acid groups (broad SMARTS) is 1. The zero-order valence-corrected chi connectivity index (χ0v) is 23.1. The lowest BCUT2D eigenvalue weighted by Crippen LogP contribution is -2.37. The molecule has 0 unspecified atom stereocenters. The number of benzene rings is 3. The van der Waals surface area contributed by atoms with E-state index in [-0.39, 0.29) is 28.7 Å². The first-order valence-corrected chi connectivity index (χ1v) is 13.3. The molecule has 0 bridgehead atoms. The van der Waals surface area contributed by atoms with Crippen LogP contribution < -0.4 is 14.4 Å². The summed E-state index contributed by atoms with van der Waals surface area (Å²) in [6.45, 7) is 10.4. The molecule has 3 aromatic carbocycles. The Hall–Kier alpha value is -3.51. The van der Waals surface area contributed by atoms with Crippen molar-refractivity contribution in [3.8, 4) is 11.5 Å². The van der Waals surface area contributed by atoms with Crippen LogP contribution in [0.4, 0.5) is 11.4 Å². The monoisotopic (exact) mass is 533 g/mol. The van der Waals surface area contributed by atoms with Gasteiger partial charge in [0, 0.05) is 5.02 Å². The number of ether oxygens (including phenoxy) is 2. The fourth-order valence-electron chi connectivity index (χ4n) is 5.26. The van der Waals surface area contributed by atoms with Gasteiger partial charge in [0.05, 0.1) is 23.4 Å². The summed E-state index contributed by atoms with van der Waals surface area (Å²) >= 11 is 6.43. The molecular formula is C31H32ClNO5. The van der Waals surface area contributed by atoms with Crippen LogP contribution in [0.25, 0.3) is 0 Å². The summed E-state index contributed by atoms with van der Waals surface area (Å²) < 4.78 is 11.9. The first kappa shape index (κ1) is 26.1. The average molecular weight is 534 g/mol. The summed E-state index contributed by atoms with van der Waals surface area (Å²) in [6.07, 6.45) is 1.73. The molecule has 1 N–H and O–H groups in total. The highest BCUT2D eigenvalue weighted by Crippen LogP contribution is 2.51. The van der Waals surface area contributed by atoms with Crippen molar-refractivity contribution in [1.29, 1.82) is 0 Å². The maximum absolute atomic E-state index is 14.3. The number of carbonyl (C=O) groups excluding carboxylic acids is 1. The lowest BCUT2D eigenvalue weighted by molar-refractivity contribution is -0.120. The van der Waals surface area contributed by atoms with Gasteiger partial charge < -0.3 is 14.6 Å². The van der Waals surface area contributed by atoms with Crippen LogP contribution in [-0.2, 0) is 16.6 Å². The molecule has 0 radical (unpaired) electrons. The van der Waals surface area contributed by atoms with E-state index in [1.807, 2.05) is 45.0 Å². The minimum absolute atomic E-state index is 0.00797. The van der Waals surface area contributed by atoms with E-state index >= 15 is 0 Å². The second-order valence-electron chi connectivity index (χ2n) is 11.3. The predicted octanol–water partition coefficient (Wildman–Crippen LogP) is 7.16. The molecule has 0 saturated carbocycles.